The van der Waals surface area contributed by atoms with E-state index in [1.54, 1.807) is 31.2 Å². The summed E-state index contributed by atoms with van der Waals surface area (Å²) < 4.78 is 26.9. The van der Waals surface area contributed by atoms with E-state index < -0.39 is 23.4 Å². The van der Waals surface area contributed by atoms with Gasteiger partial charge in [-0.15, -0.1) is 0 Å². The molecule has 1 heterocycles. The molecule has 1 aromatic heterocycles. The molecule has 3 aromatic rings. The standard InChI is InChI=1S/C22H20F2N4O2/c1-14-7-8-15(12-19(14)24)21(29)26-10-11-27-22(30)18-6-3-9-25-20(18)28-17-5-2-4-16(23)13-17/h2-9,12-13H,10-11H2,1H3,(H,25,28)(H,26,29)(H,27,30). The Morgan fingerprint density at radius 3 is 2.43 bits per heavy atom. The number of amides is 2. The largest absolute Gasteiger partial charge is 0.350 e. The van der Waals surface area contributed by atoms with Gasteiger partial charge >= 0.3 is 0 Å². The summed E-state index contributed by atoms with van der Waals surface area (Å²) in [4.78, 5) is 28.7. The van der Waals surface area contributed by atoms with Crippen LogP contribution >= 0.6 is 0 Å². The molecule has 2 aromatic carbocycles. The number of aromatic nitrogens is 1. The van der Waals surface area contributed by atoms with E-state index >= 15 is 0 Å². The third-order valence-electron chi connectivity index (χ3n) is 4.27. The minimum absolute atomic E-state index is 0.160. The number of aryl methyl sites for hydroxylation is 1. The van der Waals surface area contributed by atoms with Gasteiger partial charge in [0.2, 0.25) is 0 Å². The number of nitrogens with zero attached hydrogens (tertiary/aromatic N) is 1. The molecule has 8 heteroatoms. The maximum atomic E-state index is 13.6. The Kier molecular flexibility index (Phi) is 6.69. The zero-order valence-corrected chi connectivity index (χ0v) is 16.2. The molecule has 3 N–H and O–H groups in total. The van der Waals surface area contributed by atoms with Gasteiger partial charge in [0, 0.05) is 30.5 Å². The quantitative estimate of drug-likeness (QED) is 0.520. The molecule has 0 fully saturated rings. The second-order valence-electron chi connectivity index (χ2n) is 6.51. The predicted octanol–water partition coefficient (Wildman–Crippen LogP) is 3.57. The van der Waals surface area contributed by atoms with E-state index in [1.165, 1.54) is 36.5 Å². The maximum Gasteiger partial charge on any atom is 0.255 e. The maximum absolute atomic E-state index is 13.6. The van der Waals surface area contributed by atoms with Crippen LogP contribution in [0.4, 0.5) is 20.3 Å². The minimum atomic E-state index is -0.453. The number of hydrogen-bond donors (Lipinski definition) is 3. The number of pyridine rings is 1. The number of halogens is 2. The number of carbonyl (C=O) groups is 2. The Hall–Kier alpha value is -3.81. The Labute approximate surface area is 172 Å². The van der Waals surface area contributed by atoms with Crippen LogP contribution in [0.3, 0.4) is 0 Å². The Morgan fingerprint density at radius 2 is 1.70 bits per heavy atom. The van der Waals surface area contributed by atoms with E-state index in [0.717, 1.165) is 0 Å². The molecule has 3 rings (SSSR count). The average Bonchev–Trinajstić information content (AvgIpc) is 2.73. The number of nitrogens with one attached hydrogen (secondary N) is 3. The van der Waals surface area contributed by atoms with Gasteiger partial charge in [-0.25, -0.2) is 13.8 Å². The molecule has 0 aliphatic carbocycles. The first-order valence-electron chi connectivity index (χ1n) is 9.24. The first kappa shape index (κ1) is 20.9. The molecule has 30 heavy (non-hydrogen) atoms. The van der Waals surface area contributed by atoms with Crippen molar-refractivity contribution >= 4 is 23.3 Å². The van der Waals surface area contributed by atoms with Crippen molar-refractivity contribution < 1.29 is 18.4 Å². The molecular formula is C22H20F2N4O2. The Balaban J connectivity index is 1.55. The summed E-state index contributed by atoms with van der Waals surface area (Å²) in [6.45, 7) is 1.93. The first-order valence-corrected chi connectivity index (χ1v) is 9.24. The van der Waals surface area contributed by atoms with Crippen LogP contribution in [-0.4, -0.2) is 29.9 Å². The van der Waals surface area contributed by atoms with Gasteiger partial charge in [-0.2, -0.15) is 0 Å². The lowest BCUT2D eigenvalue weighted by Crippen LogP contribution is -2.35. The fraction of sp³-hybridized carbons (Fsp3) is 0.136. The fourth-order valence-electron chi connectivity index (χ4n) is 2.67. The van der Waals surface area contributed by atoms with E-state index in [1.807, 2.05) is 0 Å². The van der Waals surface area contributed by atoms with Crippen molar-refractivity contribution in [2.75, 3.05) is 18.4 Å². The Bertz CT molecular complexity index is 1070. The molecule has 6 nitrogen and oxygen atoms in total. The van der Waals surface area contributed by atoms with Crippen LogP contribution in [0.1, 0.15) is 26.3 Å². The van der Waals surface area contributed by atoms with Gasteiger partial charge in [0.15, 0.2) is 0 Å². The first-order chi connectivity index (χ1) is 14.4. The van der Waals surface area contributed by atoms with Gasteiger partial charge in [-0.1, -0.05) is 12.1 Å². The van der Waals surface area contributed by atoms with Crippen LogP contribution in [0.15, 0.2) is 60.8 Å². The molecule has 2 amide bonds. The van der Waals surface area contributed by atoms with Gasteiger partial charge in [-0.05, 0) is 55.0 Å². The summed E-state index contributed by atoms with van der Waals surface area (Å²) in [5.74, 6) is -1.42. The van der Waals surface area contributed by atoms with E-state index in [2.05, 4.69) is 20.9 Å². The normalized spacial score (nSPS) is 10.4. The van der Waals surface area contributed by atoms with Crippen LogP contribution in [-0.2, 0) is 0 Å². The lowest BCUT2D eigenvalue weighted by Gasteiger charge is -2.12. The molecule has 0 bridgehead atoms. The van der Waals surface area contributed by atoms with Gasteiger partial charge in [-0.3, -0.25) is 9.59 Å². The van der Waals surface area contributed by atoms with Crippen molar-refractivity contribution in [3.63, 3.8) is 0 Å². The lowest BCUT2D eigenvalue weighted by atomic mass is 10.1. The monoisotopic (exact) mass is 410 g/mol. The second-order valence-corrected chi connectivity index (χ2v) is 6.51. The second kappa shape index (κ2) is 9.60. The number of anilines is 2. The van der Waals surface area contributed by atoms with E-state index in [4.69, 9.17) is 0 Å². The molecule has 154 valence electrons. The zero-order valence-electron chi connectivity index (χ0n) is 16.2. The predicted molar refractivity (Wildman–Crippen MR) is 110 cm³/mol. The Morgan fingerprint density at radius 1 is 0.933 bits per heavy atom. The number of hydrogen-bond acceptors (Lipinski definition) is 4. The highest BCUT2D eigenvalue weighted by molar-refractivity contribution is 5.99. The van der Waals surface area contributed by atoms with Crippen molar-refractivity contribution in [1.82, 2.24) is 15.6 Å². The summed E-state index contributed by atoms with van der Waals surface area (Å²) in [7, 11) is 0. The van der Waals surface area contributed by atoms with Crippen molar-refractivity contribution in [3.05, 3.63) is 89.1 Å². The van der Waals surface area contributed by atoms with E-state index in [9.17, 15) is 18.4 Å². The van der Waals surface area contributed by atoms with Gasteiger partial charge in [0.05, 0.1) is 5.56 Å². The average molecular weight is 410 g/mol. The number of rotatable bonds is 7. The van der Waals surface area contributed by atoms with Gasteiger partial charge < -0.3 is 16.0 Å². The third-order valence-corrected chi connectivity index (χ3v) is 4.27. The van der Waals surface area contributed by atoms with Crippen LogP contribution < -0.4 is 16.0 Å². The van der Waals surface area contributed by atoms with Crippen LogP contribution in [0, 0.1) is 18.6 Å². The van der Waals surface area contributed by atoms with Gasteiger partial charge in [0.1, 0.15) is 17.5 Å². The summed E-state index contributed by atoms with van der Waals surface area (Å²) in [5, 5.41) is 8.22. The van der Waals surface area contributed by atoms with Crippen molar-refractivity contribution in [1.29, 1.82) is 0 Å². The lowest BCUT2D eigenvalue weighted by molar-refractivity contribution is 0.0927. The number of benzene rings is 2. The molecular weight excluding hydrogens is 390 g/mol. The highest BCUT2D eigenvalue weighted by Gasteiger charge is 2.13. The third kappa shape index (κ3) is 5.38. The molecule has 0 saturated carbocycles. The summed E-state index contributed by atoms with van der Waals surface area (Å²) in [5.41, 5.74) is 1.39. The van der Waals surface area contributed by atoms with Crippen molar-refractivity contribution in [3.8, 4) is 0 Å². The van der Waals surface area contributed by atoms with E-state index in [-0.39, 0.29) is 30.0 Å². The van der Waals surface area contributed by atoms with Gasteiger partial charge in [0.25, 0.3) is 11.8 Å². The topological polar surface area (TPSA) is 83.1 Å². The van der Waals surface area contributed by atoms with Crippen LogP contribution in [0.5, 0.6) is 0 Å². The molecule has 0 unspecified atom stereocenters. The molecule has 0 aliphatic rings. The highest BCUT2D eigenvalue weighted by Crippen LogP contribution is 2.19. The zero-order chi connectivity index (χ0) is 21.5. The van der Waals surface area contributed by atoms with Crippen molar-refractivity contribution in [2.24, 2.45) is 0 Å². The number of carbonyl (C=O) groups excluding carboxylic acids is 2. The van der Waals surface area contributed by atoms with Crippen molar-refractivity contribution in [2.45, 2.75) is 6.92 Å². The summed E-state index contributed by atoms with van der Waals surface area (Å²) in [6.07, 6.45) is 1.51. The van der Waals surface area contributed by atoms with E-state index in [0.29, 0.717) is 11.3 Å². The van der Waals surface area contributed by atoms with Crippen LogP contribution in [0.25, 0.3) is 0 Å². The molecule has 0 saturated heterocycles. The molecule has 0 radical (unpaired) electrons. The summed E-state index contributed by atoms with van der Waals surface area (Å²) in [6, 6.07) is 13.2. The summed E-state index contributed by atoms with van der Waals surface area (Å²) >= 11 is 0. The van der Waals surface area contributed by atoms with Crippen LogP contribution in [0.2, 0.25) is 0 Å². The molecule has 0 aliphatic heterocycles. The fourth-order valence-corrected chi connectivity index (χ4v) is 2.67. The molecule has 0 spiro atoms. The minimum Gasteiger partial charge on any atom is -0.350 e. The molecule has 0 atom stereocenters. The highest BCUT2D eigenvalue weighted by atomic mass is 19.1. The smallest absolute Gasteiger partial charge is 0.255 e. The SMILES string of the molecule is Cc1ccc(C(=O)NCCNC(=O)c2cccnc2Nc2cccc(F)c2)cc1F.